The third-order valence-electron chi connectivity index (χ3n) is 5.95. The summed E-state index contributed by atoms with van der Waals surface area (Å²) in [5, 5.41) is 10.8. The van der Waals surface area contributed by atoms with Crippen LogP contribution in [0.5, 0.6) is 0 Å². The van der Waals surface area contributed by atoms with Crippen molar-refractivity contribution in [2.45, 2.75) is 92.6 Å². The van der Waals surface area contributed by atoms with E-state index in [0.29, 0.717) is 5.56 Å². The number of hydrogen-bond donors (Lipinski definition) is 0. The van der Waals surface area contributed by atoms with Crippen LogP contribution in [0.15, 0.2) is 33.9 Å². The Hall–Kier alpha value is -1.37. The molecule has 0 amide bonds. The van der Waals surface area contributed by atoms with Gasteiger partial charge in [0.05, 0.1) is 0 Å². The first kappa shape index (κ1) is 26.7. The van der Waals surface area contributed by atoms with E-state index >= 15 is 0 Å². The first-order chi connectivity index (χ1) is 14.3. The van der Waals surface area contributed by atoms with Crippen molar-refractivity contribution in [1.29, 1.82) is 0 Å². The summed E-state index contributed by atoms with van der Waals surface area (Å²) in [6, 6.07) is 5.59. The fourth-order valence-corrected chi connectivity index (χ4v) is 20.0. The number of allylic oxidation sites excluding steroid dienone is 1. The molecule has 0 radical (unpaired) electrons. The van der Waals surface area contributed by atoms with E-state index in [9.17, 15) is 14.9 Å². The minimum atomic E-state index is -2.48. The molecule has 0 aliphatic carbocycles. The van der Waals surface area contributed by atoms with Crippen LogP contribution in [0.25, 0.3) is 0 Å². The standard InChI is InChI=1S/C12H12NO4.3C4H9.Sn/c1-3-4-9(2)17-12(14)10-5-7-11(8-6-10)13(15)16;3*1-3-4-2;/h4-9H,1-2H3;3*1,3-4H2,2H3;. The van der Waals surface area contributed by atoms with Crippen LogP contribution in [0, 0.1) is 10.1 Å². The second-order valence-electron chi connectivity index (χ2n) is 8.36. The number of non-ortho nitro benzene ring substituents is 1. The first-order valence-corrected chi connectivity index (χ1v) is 18.9. The van der Waals surface area contributed by atoms with Gasteiger partial charge in [-0.05, 0) is 0 Å². The molecule has 0 heterocycles. The molecule has 0 aromatic heterocycles. The maximum atomic E-state index is 12.5. The fourth-order valence-electron chi connectivity index (χ4n) is 4.03. The number of nitrogens with zero attached hydrogens (tertiary/aromatic N) is 1. The van der Waals surface area contributed by atoms with E-state index < -0.39 is 29.3 Å². The summed E-state index contributed by atoms with van der Waals surface area (Å²) in [6.07, 6.45) is 9.48. The van der Waals surface area contributed by atoms with Gasteiger partial charge in [0.2, 0.25) is 0 Å². The molecule has 1 rings (SSSR count). The summed E-state index contributed by atoms with van der Waals surface area (Å²) in [4.78, 5) is 22.8. The minimum absolute atomic E-state index is 0.0306. The zero-order valence-electron chi connectivity index (χ0n) is 19.4. The van der Waals surface area contributed by atoms with Crippen molar-refractivity contribution in [3.63, 3.8) is 0 Å². The van der Waals surface area contributed by atoms with Gasteiger partial charge in [0.25, 0.3) is 0 Å². The van der Waals surface area contributed by atoms with Crippen molar-refractivity contribution in [3.05, 3.63) is 49.6 Å². The van der Waals surface area contributed by atoms with Crippen LogP contribution in [0.2, 0.25) is 13.3 Å². The van der Waals surface area contributed by atoms with Crippen LogP contribution in [0.4, 0.5) is 5.69 Å². The van der Waals surface area contributed by atoms with E-state index in [4.69, 9.17) is 4.74 Å². The van der Waals surface area contributed by atoms with Crippen LogP contribution < -0.4 is 0 Å². The Kier molecular flexibility index (Phi) is 12.3. The van der Waals surface area contributed by atoms with Crippen LogP contribution in [0.1, 0.15) is 83.5 Å². The summed E-state index contributed by atoms with van der Waals surface area (Å²) in [5.74, 6) is -0.432. The SMILES string of the molecule is CCC[CH2][Sn]([CH2]CCC)([CH2]CCC)/[C](C)=C/C(C)OC(=O)c1ccc([N+](=O)[O-])cc1. The van der Waals surface area contributed by atoms with Gasteiger partial charge in [-0.15, -0.1) is 0 Å². The molecule has 0 N–H and O–H groups in total. The van der Waals surface area contributed by atoms with Gasteiger partial charge in [0.15, 0.2) is 0 Å². The van der Waals surface area contributed by atoms with Gasteiger partial charge >= 0.3 is 187 Å². The van der Waals surface area contributed by atoms with Crippen molar-refractivity contribution in [1.82, 2.24) is 0 Å². The van der Waals surface area contributed by atoms with Gasteiger partial charge in [-0.25, -0.2) is 0 Å². The molecule has 1 aromatic rings. The molecule has 5 nitrogen and oxygen atoms in total. The van der Waals surface area contributed by atoms with Crippen molar-refractivity contribution < 1.29 is 14.5 Å². The Bertz CT molecular complexity index is 678. The van der Waals surface area contributed by atoms with E-state index in [2.05, 4.69) is 33.8 Å². The van der Waals surface area contributed by atoms with Gasteiger partial charge < -0.3 is 0 Å². The topological polar surface area (TPSA) is 69.4 Å². The second-order valence-corrected chi connectivity index (χ2v) is 22.2. The first-order valence-electron chi connectivity index (χ1n) is 11.4. The zero-order chi connectivity index (χ0) is 22.6. The van der Waals surface area contributed by atoms with Crippen LogP contribution >= 0.6 is 0 Å². The monoisotopic (exact) mass is 525 g/mol. The molecule has 0 aliphatic heterocycles. The predicted octanol–water partition coefficient (Wildman–Crippen LogP) is 7.47. The van der Waals surface area contributed by atoms with Crippen molar-refractivity contribution in [3.8, 4) is 0 Å². The Balaban J connectivity index is 2.97. The summed E-state index contributed by atoms with van der Waals surface area (Å²) in [5.41, 5.74) is 0.313. The van der Waals surface area contributed by atoms with Crippen LogP contribution in [-0.2, 0) is 4.74 Å². The van der Waals surface area contributed by atoms with Gasteiger partial charge in [-0.2, -0.15) is 0 Å². The normalized spacial score (nSPS) is 13.2. The summed E-state index contributed by atoms with van der Waals surface area (Å²) < 4.78 is 11.4. The van der Waals surface area contributed by atoms with Crippen molar-refractivity contribution >= 4 is 30.0 Å². The fraction of sp³-hybridized carbons (Fsp3) is 0.625. The third kappa shape index (κ3) is 8.40. The molecule has 0 bridgehead atoms. The van der Waals surface area contributed by atoms with E-state index in [1.807, 2.05) is 6.92 Å². The molecule has 1 atom stereocenters. The average Bonchev–Trinajstić information content (AvgIpc) is 2.73. The molecule has 0 fully saturated rings. The van der Waals surface area contributed by atoms with Crippen molar-refractivity contribution in [2.24, 2.45) is 0 Å². The van der Waals surface area contributed by atoms with Gasteiger partial charge in [-0.1, -0.05) is 0 Å². The van der Waals surface area contributed by atoms with E-state index in [1.54, 1.807) is 0 Å². The Morgan fingerprint density at radius 3 is 1.90 bits per heavy atom. The number of benzene rings is 1. The Morgan fingerprint density at radius 2 is 1.50 bits per heavy atom. The summed E-state index contributed by atoms with van der Waals surface area (Å²) in [7, 11) is 0. The summed E-state index contributed by atoms with van der Waals surface area (Å²) >= 11 is -2.48. The molecular formula is C24H39NO4Sn. The molecule has 168 valence electrons. The Labute approximate surface area is 186 Å². The van der Waals surface area contributed by atoms with E-state index in [1.165, 1.54) is 79.7 Å². The van der Waals surface area contributed by atoms with Crippen LogP contribution in [0.3, 0.4) is 0 Å². The van der Waals surface area contributed by atoms with Gasteiger partial charge in [-0.3, -0.25) is 0 Å². The number of unbranched alkanes of at least 4 members (excludes halogenated alkanes) is 3. The molecular weight excluding hydrogens is 485 g/mol. The molecule has 1 aromatic carbocycles. The van der Waals surface area contributed by atoms with Crippen molar-refractivity contribution in [2.75, 3.05) is 0 Å². The predicted molar refractivity (Wildman–Crippen MR) is 127 cm³/mol. The molecule has 0 aliphatic rings. The quantitative estimate of drug-likeness (QED) is 0.110. The van der Waals surface area contributed by atoms with Crippen LogP contribution in [-0.4, -0.2) is 35.4 Å². The van der Waals surface area contributed by atoms with E-state index in [0.717, 1.165) is 0 Å². The molecule has 6 heteroatoms. The van der Waals surface area contributed by atoms with Gasteiger partial charge in [0, 0.05) is 0 Å². The number of ether oxygens (including phenoxy) is 1. The number of rotatable bonds is 14. The van der Waals surface area contributed by atoms with Gasteiger partial charge in [0.1, 0.15) is 0 Å². The number of hydrogen-bond acceptors (Lipinski definition) is 4. The molecule has 1 unspecified atom stereocenters. The van der Waals surface area contributed by atoms with E-state index in [-0.39, 0.29) is 11.8 Å². The Morgan fingerprint density at radius 1 is 1.03 bits per heavy atom. The maximum absolute atomic E-state index is 12.5. The zero-order valence-corrected chi connectivity index (χ0v) is 22.3. The number of carbonyl (C=O) groups is 1. The molecule has 30 heavy (non-hydrogen) atoms. The number of carbonyl (C=O) groups excluding carboxylic acids is 1. The summed E-state index contributed by atoms with van der Waals surface area (Å²) in [6.45, 7) is 11.0. The average molecular weight is 524 g/mol. The number of nitro groups is 1. The molecule has 0 spiro atoms. The molecule has 0 saturated heterocycles. The molecule has 0 saturated carbocycles. The number of nitro benzene ring substituents is 1. The third-order valence-corrected chi connectivity index (χ3v) is 22.4. The number of esters is 1. The second kappa shape index (κ2) is 13.8.